The fourth-order valence-corrected chi connectivity index (χ4v) is 1.63. The Morgan fingerprint density at radius 1 is 1.32 bits per heavy atom. The van der Waals surface area contributed by atoms with E-state index in [1.54, 1.807) is 23.1 Å². The van der Waals surface area contributed by atoms with E-state index in [0.29, 0.717) is 35.8 Å². The van der Waals surface area contributed by atoms with E-state index in [-0.39, 0.29) is 0 Å². The summed E-state index contributed by atoms with van der Waals surface area (Å²) in [5.41, 5.74) is 0. The van der Waals surface area contributed by atoms with Crippen LogP contribution in [0.25, 0.3) is 0 Å². The molecule has 2 aromatic heterocycles. The Bertz CT molecular complexity index is 544. The third-order valence-electron chi connectivity index (χ3n) is 2.31. The Hall–Kier alpha value is -1.66. The van der Waals surface area contributed by atoms with E-state index < -0.39 is 0 Å². The average Bonchev–Trinajstić information content (AvgIpc) is 2.83. The van der Waals surface area contributed by atoms with Gasteiger partial charge in [-0.2, -0.15) is 10.1 Å². The number of hydrogen-bond donors (Lipinski definition) is 0. The molecule has 102 valence electrons. The molecule has 0 saturated carbocycles. The molecule has 2 heterocycles. The molecule has 0 atom stereocenters. The normalized spacial score (nSPS) is 10.7. The van der Waals surface area contributed by atoms with E-state index in [1.807, 2.05) is 13.8 Å². The molecule has 0 amide bonds. The maximum atomic E-state index is 5.92. The Balaban J connectivity index is 2.12. The monoisotopic (exact) mass is 282 g/mol. The standard InChI is InChI=1S/C12H15ClN4O2/c1-3-17-7-9(6-14-17)19-12-5-10(13)15-11(16-12)8-18-4-2/h5-7H,3-4,8H2,1-2H3. The summed E-state index contributed by atoms with van der Waals surface area (Å²) in [6, 6.07) is 1.56. The molecule has 0 bridgehead atoms. The Morgan fingerprint density at radius 3 is 2.84 bits per heavy atom. The fraction of sp³-hybridized carbons (Fsp3) is 0.417. The van der Waals surface area contributed by atoms with Gasteiger partial charge in [0.15, 0.2) is 11.6 Å². The molecule has 0 aromatic carbocycles. The van der Waals surface area contributed by atoms with E-state index in [4.69, 9.17) is 21.1 Å². The van der Waals surface area contributed by atoms with Crippen molar-refractivity contribution in [2.45, 2.75) is 27.0 Å². The minimum atomic E-state index is 0.307. The van der Waals surface area contributed by atoms with Gasteiger partial charge in [0, 0.05) is 19.2 Å². The number of nitrogens with zero attached hydrogens (tertiary/aromatic N) is 4. The minimum Gasteiger partial charge on any atom is -0.436 e. The van der Waals surface area contributed by atoms with Crippen molar-refractivity contribution in [2.75, 3.05) is 6.61 Å². The molecule has 7 heteroatoms. The first-order valence-corrected chi connectivity index (χ1v) is 6.40. The summed E-state index contributed by atoms with van der Waals surface area (Å²) in [6.45, 7) is 5.58. The lowest BCUT2D eigenvalue weighted by atomic mass is 10.5. The number of hydrogen-bond acceptors (Lipinski definition) is 5. The second-order valence-corrected chi connectivity index (χ2v) is 4.10. The summed E-state index contributed by atoms with van der Waals surface area (Å²) in [5.74, 6) is 1.48. The fourth-order valence-electron chi connectivity index (χ4n) is 1.44. The van der Waals surface area contributed by atoms with Crippen LogP contribution in [-0.4, -0.2) is 26.4 Å². The molecule has 0 fully saturated rings. The van der Waals surface area contributed by atoms with E-state index in [2.05, 4.69) is 15.1 Å². The van der Waals surface area contributed by atoms with Crippen LogP contribution < -0.4 is 4.74 Å². The quantitative estimate of drug-likeness (QED) is 0.762. The first-order valence-electron chi connectivity index (χ1n) is 6.02. The molecule has 19 heavy (non-hydrogen) atoms. The zero-order valence-corrected chi connectivity index (χ0v) is 11.6. The van der Waals surface area contributed by atoms with E-state index in [0.717, 1.165) is 6.54 Å². The van der Waals surface area contributed by atoms with Gasteiger partial charge in [0.1, 0.15) is 11.8 Å². The summed E-state index contributed by atoms with van der Waals surface area (Å²) in [5, 5.41) is 4.44. The predicted octanol–water partition coefficient (Wildman–Crippen LogP) is 2.68. The van der Waals surface area contributed by atoms with Crippen molar-refractivity contribution in [2.24, 2.45) is 0 Å². The highest BCUT2D eigenvalue weighted by Gasteiger charge is 2.07. The Labute approximate surface area is 116 Å². The molecule has 0 radical (unpaired) electrons. The lowest BCUT2D eigenvalue weighted by molar-refractivity contribution is 0.128. The highest BCUT2D eigenvalue weighted by atomic mass is 35.5. The minimum absolute atomic E-state index is 0.307. The maximum absolute atomic E-state index is 5.92. The van der Waals surface area contributed by atoms with Crippen molar-refractivity contribution in [1.29, 1.82) is 0 Å². The van der Waals surface area contributed by atoms with Crippen molar-refractivity contribution >= 4 is 11.6 Å². The largest absolute Gasteiger partial charge is 0.436 e. The smallest absolute Gasteiger partial charge is 0.224 e. The number of ether oxygens (including phenoxy) is 2. The van der Waals surface area contributed by atoms with Gasteiger partial charge in [-0.3, -0.25) is 4.68 Å². The van der Waals surface area contributed by atoms with Crippen LogP contribution in [0.1, 0.15) is 19.7 Å². The molecule has 0 unspecified atom stereocenters. The van der Waals surface area contributed by atoms with Gasteiger partial charge in [-0.1, -0.05) is 11.6 Å². The molecule has 0 saturated heterocycles. The summed E-state index contributed by atoms with van der Waals surface area (Å²) in [7, 11) is 0. The van der Waals surface area contributed by atoms with E-state index >= 15 is 0 Å². The van der Waals surface area contributed by atoms with Gasteiger partial charge in [-0.15, -0.1) is 0 Å². The molecule has 0 spiro atoms. The zero-order valence-electron chi connectivity index (χ0n) is 10.8. The molecule has 0 aliphatic rings. The van der Waals surface area contributed by atoms with Crippen LogP contribution in [0, 0.1) is 0 Å². The van der Waals surface area contributed by atoms with Crippen molar-refractivity contribution < 1.29 is 9.47 Å². The van der Waals surface area contributed by atoms with Crippen LogP contribution in [0.15, 0.2) is 18.5 Å². The number of aromatic nitrogens is 4. The number of halogens is 1. The van der Waals surface area contributed by atoms with Gasteiger partial charge in [-0.05, 0) is 13.8 Å². The maximum Gasteiger partial charge on any atom is 0.224 e. The second-order valence-electron chi connectivity index (χ2n) is 3.72. The Kier molecular flexibility index (Phi) is 4.70. The van der Waals surface area contributed by atoms with Gasteiger partial charge in [-0.25, -0.2) is 4.98 Å². The average molecular weight is 283 g/mol. The van der Waals surface area contributed by atoms with E-state index in [9.17, 15) is 0 Å². The van der Waals surface area contributed by atoms with Gasteiger partial charge in [0.2, 0.25) is 5.88 Å². The van der Waals surface area contributed by atoms with Gasteiger partial charge >= 0.3 is 0 Å². The Morgan fingerprint density at radius 2 is 2.16 bits per heavy atom. The number of aryl methyl sites for hydroxylation is 1. The first kappa shape index (κ1) is 13.8. The third-order valence-corrected chi connectivity index (χ3v) is 2.50. The highest BCUT2D eigenvalue weighted by molar-refractivity contribution is 6.29. The summed E-state index contributed by atoms with van der Waals surface area (Å²) in [6.07, 6.45) is 3.42. The molecule has 0 N–H and O–H groups in total. The van der Waals surface area contributed by atoms with Gasteiger partial charge in [0.05, 0.1) is 12.4 Å². The first-order chi connectivity index (χ1) is 9.21. The number of rotatable bonds is 6. The van der Waals surface area contributed by atoms with Crippen molar-refractivity contribution in [3.63, 3.8) is 0 Å². The zero-order chi connectivity index (χ0) is 13.7. The second kappa shape index (κ2) is 6.49. The van der Waals surface area contributed by atoms with Crippen molar-refractivity contribution in [1.82, 2.24) is 19.7 Å². The van der Waals surface area contributed by atoms with Gasteiger partial charge < -0.3 is 9.47 Å². The predicted molar refractivity (Wildman–Crippen MR) is 70.3 cm³/mol. The third kappa shape index (κ3) is 3.90. The van der Waals surface area contributed by atoms with Crippen LogP contribution >= 0.6 is 11.6 Å². The van der Waals surface area contributed by atoms with E-state index in [1.165, 1.54) is 0 Å². The highest BCUT2D eigenvalue weighted by Crippen LogP contribution is 2.21. The van der Waals surface area contributed by atoms with Crippen LogP contribution in [0.2, 0.25) is 5.15 Å². The summed E-state index contributed by atoms with van der Waals surface area (Å²) < 4.78 is 12.6. The molecule has 0 aliphatic carbocycles. The van der Waals surface area contributed by atoms with Crippen LogP contribution in [-0.2, 0) is 17.9 Å². The molecule has 0 aliphatic heterocycles. The van der Waals surface area contributed by atoms with Crippen LogP contribution in [0.5, 0.6) is 11.6 Å². The molecule has 2 aromatic rings. The lowest BCUT2D eigenvalue weighted by Gasteiger charge is -2.05. The lowest BCUT2D eigenvalue weighted by Crippen LogP contribution is -2.00. The molecule has 2 rings (SSSR count). The summed E-state index contributed by atoms with van der Waals surface area (Å²) in [4.78, 5) is 8.28. The van der Waals surface area contributed by atoms with Gasteiger partial charge in [0.25, 0.3) is 0 Å². The SMILES string of the molecule is CCOCc1nc(Cl)cc(Oc2cnn(CC)c2)n1. The summed E-state index contributed by atoms with van der Waals surface area (Å²) >= 11 is 5.92. The molecular weight excluding hydrogens is 268 g/mol. The van der Waals surface area contributed by atoms with Crippen LogP contribution in [0.3, 0.4) is 0 Å². The molecular formula is C12H15ClN4O2. The van der Waals surface area contributed by atoms with Crippen LogP contribution in [0.4, 0.5) is 0 Å². The van der Waals surface area contributed by atoms with Crippen molar-refractivity contribution in [3.8, 4) is 11.6 Å². The topological polar surface area (TPSA) is 62.1 Å². The molecule has 6 nitrogen and oxygen atoms in total. The van der Waals surface area contributed by atoms with Crippen molar-refractivity contribution in [3.05, 3.63) is 29.4 Å².